The molecule has 3 nitrogen and oxygen atoms in total. The molecule has 110 valence electrons. The van der Waals surface area contributed by atoms with Crippen LogP contribution in [0, 0.1) is 5.92 Å². The lowest BCUT2D eigenvalue weighted by atomic mass is 9.84. The summed E-state index contributed by atoms with van der Waals surface area (Å²) in [5.41, 5.74) is 1.02. The second kappa shape index (κ2) is 7.09. The topological polar surface area (TPSA) is 49.3 Å². The fraction of sp³-hybridized carbons (Fsp3) is 0.562. The van der Waals surface area contributed by atoms with Crippen molar-refractivity contribution in [2.75, 3.05) is 6.61 Å². The summed E-state index contributed by atoms with van der Waals surface area (Å²) in [5.74, 6) is 0.270. The molecule has 2 N–H and O–H groups in total. The number of nitrogens with one attached hydrogen (secondary N) is 1. The minimum atomic E-state index is -0.210. The van der Waals surface area contributed by atoms with Gasteiger partial charge in [-0.3, -0.25) is 4.79 Å². The van der Waals surface area contributed by atoms with E-state index in [1.807, 2.05) is 31.2 Å². The van der Waals surface area contributed by atoms with Crippen molar-refractivity contribution in [1.82, 2.24) is 5.32 Å². The van der Waals surface area contributed by atoms with Crippen molar-refractivity contribution < 1.29 is 9.90 Å². The Kier molecular flexibility index (Phi) is 5.44. The minimum Gasteiger partial charge on any atom is -0.394 e. The van der Waals surface area contributed by atoms with E-state index in [0.717, 1.165) is 18.4 Å². The predicted octanol–water partition coefficient (Wildman–Crippen LogP) is 3.11. The number of carbonyl (C=O) groups excluding carboxylic acids is 1. The molecule has 0 heterocycles. The number of amides is 1. The summed E-state index contributed by atoms with van der Waals surface area (Å²) in [5, 5.41) is 12.7. The van der Waals surface area contributed by atoms with Gasteiger partial charge in [-0.05, 0) is 43.4 Å². The van der Waals surface area contributed by atoms with Crippen LogP contribution in [0.5, 0.6) is 0 Å². The van der Waals surface area contributed by atoms with E-state index in [1.54, 1.807) is 0 Å². The number of aliphatic hydroxyl groups is 1. The molecule has 1 saturated carbocycles. The Labute approximate surface area is 125 Å². The van der Waals surface area contributed by atoms with Gasteiger partial charge in [0.2, 0.25) is 5.91 Å². The molecule has 1 amide bonds. The Balaban J connectivity index is 2.19. The van der Waals surface area contributed by atoms with Crippen molar-refractivity contribution in [3.63, 3.8) is 0 Å². The molecule has 2 unspecified atom stereocenters. The number of rotatable bonds is 5. The first-order chi connectivity index (χ1) is 9.61. The van der Waals surface area contributed by atoms with Crippen LogP contribution in [0.1, 0.15) is 44.1 Å². The Morgan fingerprint density at radius 1 is 1.35 bits per heavy atom. The summed E-state index contributed by atoms with van der Waals surface area (Å²) in [6, 6.07) is 7.34. The van der Waals surface area contributed by atoms with E-state index >= 15 is 0 Å². The maximum Gasteiger partial charge on any atom is 0.228 e. The molecule has 1 fully saturated rings. The third-order valence-electron chi connectivity index (χ3n) is 4.05. The second-order valence-electron chi connectivity index (χ2n) is 5.67. The van der Waals surface area contributed by atoms with E-state index in [-0.39, 0.29) is 24.5 Å². The van der Waals surface area contributed by atoms with E-state index in [1.165, 1.54) is 12.8 Å². The zero-order chi connectivity index (χ0) is 14.5. The first-order valence-electron chi connectivity index (χ1n) is 7.28. The zero-order valence-electron chi connectivity index (χ0n) is 11.8. The standard InChI is InChI=1S/C16H22ClNO2/c1-11(10-19)18-16(20)15(12-4-2-3-5-12)13-6-8-14(17)9-7-13/h6-9,11-12,15,19H,2-5,10H2,1H3,(H,18,20). The molecule has 1 aromatic carbocycles. The van der Waals surface area contributed by atoms with Gasteiger partial charge in [-0.2, -0.15) is 0 Å². The van der Waals surface area contributed by atoms with Crippen LogP contribution in [0.4, 0.5) is 0 Å². The molecular formula is C16H22ClNO2. The van der Waals surface area contributed by atoms with Crippen molar-refractivity contribution in [2.45, 2.75) is 44.6 Å². The Bertz CT molecular complexity index is 440. The van der Waals surface area contributed by atoms with Crippen LogP contribution in [-0.4, -0.2) is 23.7 Å². The SMILES string of the molecule is CC(CO)NC(=O)C(c1ccc(Cl)cc1)C1CCCC1. The van der Waals surface area contributed by atoms with E-state index in [0.29, 0.717) is 10.9 Å². The van der Waals surface area contributed by atoms with E-state index in [9.17, 15) is 4.79 Å². The van der Waals surface area contributed by atoms with Crippen LogP contribution in [0.25, 0.3) is 0 Å². The monoisotopic (exact) mass is 295 g/mol. The smallest absolute Gasteiger partial charge is 0.228 e. The van der Waals surface area contributed by atoms with Gasteiger partial charge in [0, 0.05) is 11.1 Å². The third kappa shape index (κ3) is 3.74. The lowest BCUT2D eigenvalue weighted by molar-refractivity contribution is -0.124. The van der Waals surface area contributed by atoms with Crippen molar-refractivity contribution in [1.29, 1.82) is 0 Å². The average Bonchev–Trinajstić information content (AvgIpc) is 2.95. The number of halogens is 1. The van der Waals surface area contributed by atoms with Crippen molar-refractivity contribution in [3.05, 3.63) is 34.9 Å². The maximum absolute atomic E-state index is 12.5. The molecule has 4 heteroatoms. The van der Waals surface area contributed by atoms with Gasteiger partial charge in [-0.15, -0.1) is 0 Å². The summed E-state index contributed by atoms with van der Waals surface area (Å²) in [6.07, 6.45) is 4.57. The highest BCUT2D eigenvalue weighted by molar-refractivity contribution is 6.30. The van der Waals surface area contributed by atoms with Crippen LogP contribution >= 0.6 is 11.6 Å². The summed E-state index contributed by atoms with van der Waals surface area (Å²) in [7, 11) is 0. The van der Waals surface area contributed by atoms with Crippen LogP contribution in [0.3, 0.4) is 0 Å². The molecule has 20 heavy (non-hydrogen) atoms. The zero-order valence-corrected chi connectivity index (χ0v) is 12.6. The molecule has 0 saturated heterocycles. The number of aliphatic hydroxyl groups excluding tert-OH is 1. The molecule has 1 aliphatic rings. The van der Waals surface area contributed by atoms with E-state index in [4.69, 9.17) is 16.7 Å². The van der Waals surface area contributed by atoms with E-state index in [2.05, 4.69) is 5.32 Å². The van der Waals surface area contributed by atoms with Crippen LogP contribution in [0.2, 0.25) is 5.02 Å². The summed E-state index contributed by atoms with van der Waals surface area (Å²) >= 11 is 5.93. The van der Waals surface area contributed by atoms with Gasteiger partial charge >= 0.3 is 0 Å². The molecule has 2 atom stereocenters. The first-order valence-corrected chi connectivity index (χ1v) is 7.66. The van der Waals surface area contributed by atoms with Gasteiger partial charge in [-0.1, -0.05) is 36.6 Å². The lowest BCUT2D eigenvalue weighted by Crippen LogP contribution is -2.40. The summed E-state index contributed by atoms with van der Waals surface area (Å²) < 4.78 is 0. The minimum absolute atomic E-state index is 0.0146. The van der Waals surface area contributed by atoms with Gasteiger partial charge in [0.05, 0.1) is 12.5 Å². The van der Waals surface area contributed by atoms with Crippen molar-refractivity contribution in [2.24, 2.45) is 5.92 Å². The third-order valence-corrected chi connectivity index (χ3v) is 4.30. The lowest BCUT2D eigenvalue weighted by Gasteiger charge is -2.25. The largest absolute Gasteiger partial charge is 0.394 e. The molecule has 0 spiro atoms. The molecule has 0 aliphatic heterocycles. The Morgan fingerprint density at radius 3 is 2.50 bits per heavy atom. The predicted molar refractivity (Wildman–Crippen MR) is 80.8 cm³/mol. The quantitative estimate of drug-likeness (QED) is 0.877. The van der Waals surface area contributed by atoms with Crippen LogP contribution in [0.15, 0.2) is 24.3 Å². The highest BCUT2D eigenvalue weighted by atomic mass is 35.5. The van der Waals surface area contributed by atoms with Gasteiger partial charge in [0.1, 0.15) is 0 Å². The van der Waals surface area contributed by atoms with Gasteiger partial charge in [-0.25, -0.2) is 0 Å². The fourth-order valence-corrected chi connectivity index (χ4v) is 3.10. The molecule has 0 aromatic heterocycles. The molecule has 1 aliphatic carbocycles. The van der Waals surface area contributed by atoms with Crippen LogP contribution in [-0.2, 0) is 4.79 Å². The average molecular weight is 296 g/mol. The Morgan fingerprint density at radius 2 is 1.95 bits per heavy atom. The molecule has 0 bridgehead atoms. The number of hydrogen-bond acceptors (Lipinski definition) is 2. The molecular weight excluding hydrogens is 274 g/mol. The highest BCUT2D eigenvalue weighted by Gasteiger charge is 2.32. The molecule has 1 aromatic rings. The van der Waals surface area contributed by atoms with Crippen molar-refractivity contribution in [3.8, 4) is 0 Å². The molecule has 0 radical (unpaired) electrons. The molecule has 2 rings (SSSR count). The van der Waals surface area contributed by atoms with Gasteiger partial charge in [0.25, 0.3) is 0 Å². The maximum atomic E-state index is 12.5. The van der Waals surface area contributed by atoms with E-state index < -0.39 is 0 Å². The van der Waals surface area contributed by atoms with Gasteiger partial charge < -0.3 is 10.4 Å². The number of benzene rings is 1. The summed E-state index contributed by atoms with van der Waals surface area (Å²) in [4.78, 5) is 12.5. The number of carbonyl (C=O) groups is 1. The first kappa shape index (κ1) is 15.3. The highest BCUT2D eigenvalue weighted by Crippen LogP contribution is 2.37. The van der Waals surface area contributed by atoms with Crippen LogP contribution < -0.4 is 5.32 Å². The fourth-order valence-electron chi connectivity index (χ4n) is 2.98. The van der Waals surface area contributed by atoms with Crippen molar-refractivity contribution >= 4 is 17.5 Å². The van der Waals surface area contributed by atoms with Gasteiger partial charge in [0.15, 0.2) is 0 Å². The number of hydrogen-bond donors (Lipinski definition) is 2. The summed E-state index contributed by atoms with van der Waals surface area (Å²) in [6.45, 7) is 1.77. The Hall–Kier alpha value is -1.06. The second-order valence-corrected chi connectivity index (χ2v) is 6.10. The normalized spacial score (nSPS) is 18.8.